The Morgan fingerprint density at radius 2 is 1.77 bits per heavy atom. The molecule has 4 nitrogen and oxygen atoms in total. The molecule has 0 spiro atoms. The van der Waals surface area contributed by atoms with Crippen molar-refractivity contribution in [3.8, 4) is 0 Å². The summed E-state index contributed by atoms with van der Waals surface area (Å²) in [6.07, 6.45) is 0. The summed E-state index contributed by atoms with van der Waals surface area (Å²) in [4.78, 5) is 4.28. The van der Waals surface area contributed by atoms with Crippen molar-refractivity contribution in [3.63, 3.8) is 0 Å². The minimum Gasteiger partial charge on any atom is -0.353 e. The van der Waals surface area contributed by atoms with Crippen molar-refractivity contribution in [2.24, 2.45) is 0 Å². The fourth-order valence-electron chi connectivity index (χ4n) is 2.60. The van der Waals surface area contributed by atoms with E-state index >= 15 is 0 Å². The third-order valence-electron chi connectivity index (χ3n) is 3.88. The molecule has 1 aliphatic rings. The molecule has 1 saturated heterocycles. The van der Waals surface area contributed by atoms with Crippen LogP contribution in [0.4, 0.5) is 14.6 Å². The van der Waals surface area contributed by atoms with Crippen LogP contribution in [0.15, 0.2) is 30.3 Å². The fourth-order valence-corrected chi connectivity index (χ4v) is 2.60. The second-order valence-corrected chi connectivity index (χ2v) is 5.53. The number of aryl methyl sites for hydroxylation is 1. The van der Waals surface area contributed by atoms with Gasteiger partial charge in [0.2, 0.25) is 0 Å². The lowest BCUT2D eigenvalue weighted by molar-refractivity contribution is 0.245. The molecule has 1 aromatic carbocycles. The van der Waals surface area contributed by atoms with Crippen LogP contribution in [0.25, 0.3) is 0 Å². The Bertz CT molecular complexity index is 637. The molecule has 0 radical (unpaired) electrons. The number of anilines is 1. The summed E-state index contributed by atoms with van der Waals surface area (Å²) >= 11 is 0. The smallest absolute Gasteiger partial charge is 0.151 e. The van der Waals surface area contributed by atoms with Gasteiger partial charge in [-0.3, -0.25) is 4.90 Å². The Morgan fingerprint density at radius 3 is 2.45 bits per heavy atom. The molecule has 1 aromatic heterocycles. The van der Waals surface area contributed by atoms with E-state index in [0.29, 0.717) is 12.1 Å². The summed E-state index contributed by atoms with van der Waals surface area (Å²) in [7, 11) is 0. The predicted molar refractivity (Wildman–Crippen MR) is 80.6 cm³/mol. The Morgan fingerprint density at radius 1 is 1.00 bits per heavy atom. The van der Waals surface area contributed by atoms with Crippen molar-refractivity contribution in [3.05, 3.63) is 53.2 Å². The molecule has 0 N–H and O–H groups in total. The van der Waals surface area contributed by atoms with Crippen molar-refractivity contribution in [1.29, 1.82) is 0 Å². The molecule has 1 fully saturated rings. The maximum absolute atomic E-state index is 13.7. The summed E-state index contributed by atoms with van der Waals surface area (Å²) in [6.45, 7) is 5.50. The van der Waals surface area contributed by atoms with Gasteiger partial charge in [-0.1, -0.05) is 0 Å². The van der Waals surface area contributed by atoms with Crippen molar-refractivity contribution in [2.45, 2.75) is 13.5 Å². The van der Waals surface area contributed by atoms with E-state index in [9.17, 15) is 8.78 Å². The molecule has 0 aliphatic carbocycles. The highest BCUT2D eigenvalue weighted by molar-refractivity contribution is 5.37. The third kappa shape index (κ3) is 3.39. The van der Waals surface area contributed by atoms with Gasteiger partial charge in [-0.2, -0.15) is 5.10 Å². The van der Waals surface area contributed by atoms with Crippen LogP contribution in [-0.4, -0.2) is 41.3 Å². The van der Waals surface area contributed by atoms with Gasteiger partial charge >= 0.3 is 0 Å². The lowest BCUT2D eigenvalue weighted by Crippen LogP contribution is -2.46. The van der Waals surface area contributed by atoms with Crippen molar-refractivity contribution < 1.29 is 8.78 Å². The van der Waals surface area contributed by atoms with Crippen molar-refractivity contribution in [2.75, 3.05) is 31.1 Å². The number of aromatic nitrogens is 2. The van der Waals surface area contributed by atoms with Gasteiger partial charge in [0.05, 0.1) is 5.69 Å². The molecule has 0 saturated carbocycles. The number of hydrogen-bond donors (Lipinski definition) is 0. The zero-order valence-electron chi connectivity index (χ0n) is 12.5. The molecule has 0 atom stereocenters. The lowest BCUT2D eigenvalue weighted by atomic mass is 10.1. The molecule has 2 aromatic rings. The Hall–Kier alpha value is -2.08. The predicted octanol–water partition coefficient (Wildman–Crippen LogP) is 2.39. The summed E-state index contributed by atoms with van der Waals surface area (Å²) in [6, 6.07) is 7.50. The number of piperazine rings is 1. The molecular weight excluding hydrogens is 286 g/mol. The molecule has 0 amide bonds. The molecule has 22 heavy (non-hydrogen) atoms. The first-order valence-corrected chi connectivity index (χ1v) is 7.33. The minimum absolute atomic E-state index is 0.353. The van der Waals surface area contributed by atoms with Crippen LogP contribution >= 0.6 is 0 Å². The third-order valence-corrected chi connectivity index (χ3v) is 3.88. The van der Waals surface area contributed by atoms with E-state index in [1.165, 1.54) is 12.1 Å². The Kier molecular flexibility index (Phi) is 4.29. The Balaban J connectivity index is 1.60. The summed E-state index contributed by atoms with van der Waals surface area (Å²) in [5.74, 6) is 0.111. The van der Waals surface area contributed by atoms with Crippen LogP contribution in [-0.2, 0) is 6.54 Å². The minimum atomic E-state index is -0.398. The number of hydrogen-bond acceptors (Lipinski definition) is 4. The van der Waals surface area contributed by atoms with E-state index in [1.807, 2.05) is 19.1 Å². The highest BCUT2D eigenvalue weighted by Crippen LogP contribution is 2.16. The van der Waals surface area contributed by atoms with E-state index in [4.69, 9.17) is 0 Å². The standard InChI is InChI=1S/C16H18F2N4/c1-12-2-5-16(20-19-12)22-8-6-21(7-9-22)11-13-10-14(17)3-4-15(13)18/h2-5,10H,6-9,11H2,1H3. The Labute approximate surface area is 128 Å². The van der Waals surface area contributed by atoms with Crippen LogP contribution < -0.4 is 4.90 Å². The number of halogens is 2. The highest BCUT2D eigenvalue weighted by Gasteiger charge is 2.19. The maximum atomic E-state index is 13.7. The molecule has 3 rings (SSSR count). The largest absolute Gasteiger partial charge is 0.353 e. The van der Waals surface area contributed by atoms with Gasteiger partial charge in [0.25, 0.3) is 0 Å². The van der Waals surface area contributed by atoms with Gasteiger partial charge in [0.15, 0.2) is 5.82 Å². The van der Waals surface area contributed by atoms with Gasteiger partial charge in [0, 0.05) is 38.3 Å². The summed E-state index contributed by atoms with van der Waals surface area (Å²) in [5.41, 5.74) is 1.30. The second-order valence-electron chi connectivity index (χ2n) is 5.53. The molecule has 6 heteroatoms. The maximum Gasteiger partial charge on any atom is 0.151 e. The van der Waals surface area contributed by atoms with E-state index in [-0.39, 0.29) is 5.82 Å². The summed E-state index contributed by atoms with van der Waals surface area (Å²) in [5, 5.41) is 8.25. The second kappa shape index (κ2) is 6.36. The van der Waals surface area contributed by atoms with Gasteiger partial charge in [0.1, 0.15) is 11.6 Å². The SMILES string of the molecule is Cc1ccc(N2CCN(Cc3cc(F)ccc3F)CC2)nn1. The normalized spacial score (nSPS) is 16.0. The van der Waals surface area contributed by atoms with E-state index < -0.39 is 5.82 Å². The van der Waals surface area contributed by atoms with Gasteiger partial charge in [-0.05, 0) is 37.3 Å². The lowest BCUT2D eigenvalue weighted by Gasteiger charge is -2.35. The molecule has 0 unspecified atom stereocenters. The van der Waals surface area contributed by atoms with Crippen LogP contribution in [0.5, 0.6) is 0 Å². The van der Waals surface area contributed by atoms with E-state index in [0.717, 1.165) is 43.8 Å². The molecular formula is C16H18F2N4. The van der Waals surface area contributed by atoms with Gasteiger partial charge in [-0.25, -0.2) is 8.78 Å². The average molecular weight is 304 g/mol. The molecule has 2 heterocycles. The zero-order valence-corrected chi connectivity index (χ0v) is 12.5. The van der Waals surface area contributed by atoms with Gasteiger partial charge in [-0.15, -0.1) is 5.10 Å². The monoisotopic (exact) mass is 304 g/mol. The van der Waals surface area contributed by atoms with Crippen molar-refractivity contribution in [1.82, 2.24) is 15.1 Å². The van der Waals surface area contributed by atoms with Crippen LogP contribution in [0, 0.1) is 18.6 Å². The topological polar surface area (TPSA) is 32.3 Å². The van der Waals surface area contributed by atoms with Crippen LogP contribution in [0.3, 0.4) is 0 Å². The molecule has 116 valence electrons. The number of rotatable bonds is 3. The van der Waals surface area contributed by atoms with Crippen LogP contribution in [0.2, 0.25) is 0 Å². The number of benzene rings is 1. The number of nitrogens with zero attached hydrogens (tertiary/aromatic N) is 4. The van der Waals surface area contributed by atoms with Crippen LogP contribution in [0.1, 0.15) is 11.3 Å². The molecule has 1 aliphatic heterocycles. The molecule has 0 bridgehead atoms. The summed E-state index contributed by atoms with van der Waals surface area (Å²) < 4.78 is 26.9. The first-order chi connectivity index (χ1) is 10.6. The first kappa shape index (κ1) is 14.8. The first-order valence-electron chi connectivity index (χ1n) is 7.33. The zero-order chi connectivity index (χ0) is 15.5. The van der Waals surface area contributed by atoms with E-state index in [1.54, 1.807) is 0 Å². The van der Waals surface area contributed by atoms with Gasteiger partial charge < -0.3 is 4.90 Å². The highest BCUT2D eigenvalue weighted by atomic mass is 19.1. The van der Waals surface area contributed by atoms with Crippen molar-refractivity contribution >= 4 is 5.82 Å². The fraction of sp³-hybridized carbons (Fsp3) is 0.375. The quantitative estimate of drug-likeness (QED) is 0.871. The average Bonchev–Trinajstić information content (AvgIpc) is 2.53. The van der Waals surface area contributed by atoms with E-state index in [2.05, 4.69) is 20.0 Å².